The van der Waals surface area contributed by atoms with Crippen LogP contribution in [-0.2, 0) is 9.63 Å². The van der Waals surface area contributed by atoms with Gasteiger partial charge in [-0.3, -0.25) is 14.4 Å². The molecule has 0 radical (unpaired) electrons. The maximum atomic E-state index is 13.0. The molecule has 0 spiro atoms. The first-order valence-corrected chi connectivity index (χ1v) is 13.5. The second-order valence-corrected chi connectivity index (χ2v) is 9.09. The molecular weight excluding hydrogens is 426 g/mol. The molecule has 1 rings (SSSR count). The second-order valence-electron chi connectivity index (χ2n) is 9.09. The van der Waals surface area contributed by atoms with E-state index in [0.29, 0.717) is 31.6 Å². The number of nitrogens with zero attached hydrogens (tertiary/aromatic N) is 1. The van der Waals surface area contributed by atoms with Crippen molar-refractivity contribution in [2.75, 3.05) is 13.2 Å². The lowest BCUT2D eigenvalue weighted by molar-refractivity contribution is -0.137. The Morgan fingerprint density at radius 1 is 0.882 bits per heavy atom. The zero-order valence-electron chi connectivity index (χ0n) is 21.6. The fraction of sp³-hybridized carbons (Fsp3) is 0.655. The highest BCUT2D eigenvalue weighted by atomic mass is 16.7. The van der Waals surface area contributed by atoms with Crippen molar-refractivity contribution >= 4 is 18.0 Å². The van der Waals surface area contributed by atoms with Gasteiger partial charge < -0.3 is 5.11 Å². The first-order valence-electron chi connectivity index (χ1n) is 13.5. The summed E-state index contributed by atoms with van der Waals surface area (Å²) >= 11 is 0. The van der Waals surface area contributed by atoms with Crippen LogP contribution in [0.5, 0.6) is 0 Å². The van der Waals surface area contributed by atoms with Gasteiger partial charge in [0.1, 0.15) is 0 Å². The van der Waals surface area contributed by atoms with E-state index in [4.69, 9.17) is 9.94 Å². The lowest BCUT2D eigenvalue weighted by Gasteiger charge is -2.22. The molecule has 0 saturated carbocycles. The Bertz CT molecular complexity index is 701. The van der Waals surface area contributed by atoms with Crippen molar-refractivity contribution < 1.29 is 19.5 Å². The van der Waals surface area contributed by atoms with Crippen LogP contribution in [0.2, 0.25) is 0 Å². The molecule has 1 amide bonds. The number of carboxylic acid groups (broad SMARTS) is 1. The number of carbonyl (C=O) groups excluding carboxylic acids is 1. The van der Waals surface area contributed by atoms with Crippen LogP contribution >= 0.6 is 0 Å². The Hall–Kier alpha value is -2.14. The molecule has 0 fully saturated rings. The van der Waals surface area contributed by atoms with Crippen molar-refractivity contribution in [3.8, 4) is 0 Å². The highest BCUT2D eigenvalue weighted by Gasteiger charge is 2.16. The van der Waals surface area contributed by atoms with Crippen LogP contribution in [0.1, 0.15) is 126 Å². The average Bonchev–Trinajstić information content (AvgIpc) is 2.84. The van der Waals surface area contributed by atoms with Gasteiger partial charge in [-0.1, -0.05) is 95.9 Å². The fourth-order valence-corrected chi connectivity index (χ4v) is 3.85. The Morgan fingerprint density at radius 2 is 1.56 bits per heavy atom. The number of amides is 1. The van der Waals surface area contributed by atoms with Gasteiger partial charge in [0.15, 0.2) is 0 Å². The topological polar surface area (TPSA) is 66.8 Å². The summed E-state index contributed by atoms with van der Waals surface area (Å²) in [4.78, 5) is 29.3. The van der Waals surface area contributed by atoms with Gasteiger partial charge in [-0.05, 0) is 49.8 Å². The standard InChI is InChI=1S/C29H47NO4/c1-3-5-6-7-8-9-10-11-12-13-14-15-19-26-20-18-21-27(25-26)29(33)30(34-24-4-2)23-17-16-22-28(31)32/h15,18-21,25H,3-14,16-17,22-24H2,1-2H3,(H,31,32). The second kappa shape index (κ2) is 20.3. The summed E-state index contributed by atoms with van der Waals surface area (Å²) in [6.07, 6.45) is 20.8. The Kier molecular flexibility index (Phi) is 17.8. The van der Waals surface area contributed by atoms with E-state index in [1.807, 2.05) is 31.2 Å². The normalized spacial score (nSPS) is 11.2. The molecule has 0 aliphatic heterocycles. The predicted molar refractivity (Wildman–Crippen MR) is 141 cm³/mol. The molecule has 0 aliphatic carbocycles. The van der Waals surface area contributed by atoms with Crippen LogP contribution in [0.25, 0.3) is 6.08 Å². The quantitative estimate of drug-likeness (QED) is 0.145. The molecule has 5 nitrogen and oxygen atoms in total. The molecule has 0 heterocycles. The molecule has 0 unspecified atom stereocenters. The van der Waals surface area contributed by atoms with E-state index in [9.17, 15) is 9.59 Å². The molecule has 34 heavy (non-hydrogen) atoms. The lowest BCUT2D eigenvalue weighted by Crippen LogP contribution is -2.32. The highest BCUT2D eigenvalue weighted by Crippen LogP contribution is 2.14. The number of allylic oxidation sites excluding steroid dienone is 1. The van der Waals surface area contributed by atoms with Gasteiger partial charge in [0.2, 0.25) is 0 Å². The minimum absolute atomic E-state index is 0.106. The summed E-state index contributed by atoms with van der Waals surface area (Å²) in [5.74, 6) is -0.988. The number of aliphatic carboxylic acids is 1. The number of hydrogen-bond donors (Lipinski definition) is 1. The fourth-order valence-electron chi connectivity index (χ4n) is 3.85. The minimum Gasteiger partial charge on any atom is -0.481 e. The van der Waals surface area contributed by atoms with Crippen molar-refractivity contribution in [2.24, 2.45) is 0 Å². The van der Waals surface area contributed by atoms with Crippen LogP contribution in [0.4, 0.5) is 0 Å². The van der Waals surface area contributed by atoms with Crippen molar-refractivity contribution in [1.29, 1.82) is 0 Å². The van der Waals surface area contributed by atoms with Gasteiger partial charge in [0, 0.05) is 18.5 Å². The third kappa shape index (κ3) is 14.9. The van der Waals surface area contributed by atoms with Gasteiger partial charge in [0.05, 0.1) is 6.61 Å². The smallest absolute Gasteiger partial charge is 0.303 e. The third-order valence-electron chi connectivity index (χ3n) is 5.85. The van der Waals surface area contributed by atoms with E-state index in [-0.39, 0.29) is 12.3 Å². The van der Waals surface area contributed by atoms with Crippen LogP contribution in [0, 0.1) is 0 Å². The third-order valence-corrected chi connectivity index (χ3v) is 5.85. The molecule has 0 saturated heterocycles. The summed E-state index contributed by atoms with van der Waals surface area (Å²) < 4.78 is 0. The molecule has 1 aromatic rings. The monoisotopic (exact) mass is 473 g/mol. The SMILES string of the molecule is CCCCCCCCCCCCC=Cc1cccc(C(=O)N(CCCCC(=O)O)OCCC)c1. The average molecular weight is 474 g/mol. The number of carboxylic acids is 1. The summed E-state index contributed by atoms with van der Waals surface area (Å²) in [6, 6.07) is 7.62. The molecule has 1 N–H and O–H groups in total. The molecule has 0 aliphatic rings. The van der Waals surface area contributed by atoms with E-state index in [1.54, 1.807) is 0 Å². The number of unbranched alkanes of at least 4 members (excludes halogenated alkanes) is 11. The van der Waals surface area contributed by atoms with Crippen LogP contribution in [0.3, 0.4) is 0 Å². The minimum atomic E-state index is -0.815. The molecule has 0 atom stereocenters. The first kappa shape index (κ1) is 29.9. The molecule has 192 valence electrons. The van der Waals surface area contributed by atoms with Gasteiger partial charge in [-0.15, -0.1) is 0 Å². The molecular formula is C29H47NO4. The summed E-state index contributed by atoms with van der Waals surface area (Å²) in [6.45, 7) is 5.11. The van der Waals surface area contributed by atoms with Crippen LogP contribution in [0.15, 0.2) is 30.3 Å². The molecule has 0 aromatic heterocycles. The van der Waals surface area contributed by atoms with Gasteiger partial charge in [-0.2, -0.15) is 0 Å². The number of rotatable bonds is 21. The molecule has 1 aromatic carbocycles. The Labute approximate surface area is 207 Å². The number of hydroxylamine groups is 2. The van der Waals surface area contributed by atoms with Crippen LogP contribution in [-0.4, -0.2) is 35.2 Å². The summed E-state index contributed by atoms with van der Waals surface area (Å²) in [5.41, 5.74) is 1.61. The Balaban J connectivity index is 2.39. The van der Waals surface area contributed by atoms with E-state index in [0.717, 1.165) is 18.4 Å². The first-order chi connectivity index (χ1) is 16.6. The highest BCUT2D eigenvalue weighted by molar-refractivity contribution is 5.94. The maximum absolute atomic E-state index is 13.0. The van der Waals surface area contributed by atoms with Crippen molar-refractivity contribution in [3.05, 3.63) is 41.5 Å². The van der Waals surface area contributed by atoms with Gasteiger partial charge in [-0.25, -0.2) is 5.06 Å². The van der Waals surface area contributed by atoms with Gasteiger partial charge in [0.25, 0.3) is 5.91 Å². The Morgan fingerprint density at radius 3 is 2.21 bits per heavy atom. The van der Waals surface area contributed by atoms with E-state index < -0.39 is 5.97 Å². The van der Waals surface area contributed by atoms with Crippen molar-refractivity contribution in [2.45, 2.75) is 110 Å². The van der Waals surface area contributed by atoms with E-state index in [1.165, 1.54) is 69.3 Å². The van der Waals surface area contributed by atoms with Crippen LogP contribution < -0.4 is 0 Å². The lowest BCUT2D eigenvalue weighted by atomic mass is 10.1. The van der Waals surface area contributed by atoms with Gasteiger partial charge >= 0.3 is 5.97 Å². The summed E-state index contributed by atoms with van der Waals surface area (Å²) in [7, 11) is 0. The van der Waals surface area contributed by atoms with E-state index in [2.05, 4.69) is 19.1 Å². The van der Waals surface area contributed by atoms with Crippen molar-refractivity contribution in [1.82, 2.24) is 5.06 Å². The number of carbonyl (C=O) groups is 2. The van der Waals surface area contributed by atoms with Crippen molar-refractivity contribution in [3.63, 3.8) is 0 Å². The largest absolute Gasteiger partial charge is 0.481 e. The maximum Gasteiger partial charge on any atom is 0.303 e. The van der Waals surface area contributed by atoms with E-state index >= 15 is 0 Å². The zero-order chi connectivity index (χ0) is 24.9. The number of benzene rings is 1. The predicted octanol–water partition coefficient (Wildman–Crippen LogP) is 8.05. The molecule has 0 bridgehead atoms. The molecule has 5 heteroatoms. The summed E-state index contributed by atoms with van der Waals surface area (Å²) in [5, 5.41) is 10.2. The number of hydrogen-bond acceptors (Lipinski definition) is 3. The zero-order valence-corrected chi connectivity index (χ0v) is 21.6.